The summed E-state index contributed by atoms with van der Waals surface area (Å²) < 4.78 is 11.1. The van der Waals surface area contributed by atoms with E-state index in [0.717, 1.165) is 16.7 Å². The fraction of sp³-hybridized carbons (Fsp3) is 0.312. The molecular weight excluding hydrogens is 478 g/mol. The van der Waals surface area contributed by atoms with E-state index in [0.29, 0.717) is 30.3 Å². The second kappa shape index (κ2) is 11.1. The maximum absolute atomic E-state index is 13.4. The zero-order valence-corrected chi connectivity index (χ0v) is 22.7. The Labute approximate surface area is 224 Å². The van der Waals surface area contributed by atoms with Crippen molar-refractivity contribution < 1.29 is 24.2 Å². The van der Waals surface area contributed by atoms with Gasteiger partial charge in [0.15, 0.2) is 0 Å². The molecular formula is C32H35NO5. The summed E-state index contributed by atoms with van der Waals surface area (Å²) in [4.78, 5) is 28.3. The van der Waals surface area contributed by atoms with Crippen LogP contribution < -0.4 is 9.47 Å². The van der Waals surface area contributed by atoms with Gasteiger partial charge in [-0.3, -0.25) is 9.59 Å². The Morgan fingerprint density at radius 1 is 0.868 bits per heavy atom. The molecule has 6 nitrogen and oxygen atoms in total. The lowest BCUT2D eigenvalue weighted by Gasteiger charge is -2.27. The van der Waals surface area contributed by atoms with Crippen LogP contribution in [-0.2, 0) is 21.5 Å². The molecule has 0 spiro atoms. The summed E-state index contributed by atoms with van der Waals surface area (Å²) in [5.74, 6) is -0.205. The number of likely N-dealkylation sites (tertiary alicyclic amines) is 1. The monoisotopic (exact) mass is 513 g/mol. The summed E-state index contributed by atoms with van der Waals surface area (Å²) >= 11 is 0. The molecule has 38 heavy (non-hydrogen) atoms. The van der Waals surface area contributed by atoms with Crippen molar-refractivity contribution in [3.8, 4) is 11.5 Å². The van der Waals surface area contributed by atoms with E-state index in [2.05, 4.69) is 20.8 Å². The van der Waals surface area contributed by atoms with Gasteiger partial charge in [-0.05, 0) is 72.4 Å². The first kappa shape index (κ1) is 27.0. The lowest BCUT2D eigenvalue weighted by Crippen LogP contribution is -2.29. The van der Waals surface area contributed by atoms with E-state index in [9.17, 15) is 14.7 Å². The molecule has 198 valence electrons. The molecule has 1 N–H and O–H groups in total. The number of benzene rings is 3. The van der Waals surface area contributed by atoms with Crippen molar-refractivity contribution in [3.63, 3.8) is 0 Å². The number of Topliss-reactive ketones (excluding diaryl/α,β-unsaturated/α-hetero) is 1. The molecule has 6 heteroatoms. The minimum absolute atomic E-state index is 0.0532. The Kier molecular flexibility index (Phi) is 7.91. The number of carbonyl (C=O) groups is 2. The van der Waals surface area contributed by atoms with Gasteiger partial charge >= 0.3 is 0 Å². The predicted molar refractivity (Wildman–Crippen MR) is 148 cm³/mol. The second-order valence-electron chi connectivity index (χ2n) is 10.3. The molecule has 3 aromatic rings. The van der Waals surface area contributed by atoms with E-state index in [1.165, 1.54) is 4.90 Å². The number of hydrogen-bond acceptors (Lipinski definition) is 5. The molecule has 0 aromatic heterocycles. The van der Waals surface area contributed by atoms with Crippen LogP contribution in [0.15, 0.2) is 78.4 Å². The fourth-order valence-electron chi connectivity index (χ4n) is 4.68. The molecule has 1 amide bonds. The highest BCUT2D eigenvalue weighted by molar-refractivity contribution is 6.46. The minimum atomic E-state index is -0.744. The summed E-state index contributed by atoms with van der Waals surface area (Å²) in [5.41, 5.74) is 3.18. The zero-order chi connectivity index (χ0) is 27.4. The average Bonchev–Trinajstić information content (AvgIpc) is 3.14. The highest BCUT2D eigenvalue weighted by Crippen LogP contribution is 2.41. The molecule has 1 heterocycles. The number of nitrogens with zero attached hydrogens (tertiary/aromatic N) is 1. The van der Waals surface area contributed by atoms with Crippen LogP contribution in [0, 0.1) is 0 Å². The van der Waals surface area contributed by atoms with E-state index < -0.39 is 17.7 Å². The number of ether oxygens (including phenoxy) is 2. The maximum Gasteiger partial charge on any atom is 0.295 e. The Hall–Kier alpha value is -4.06. The normalized spacial score (nSPS) is 17.1. The summed E-state index contributed by atoms with van der Waals surface area (Å²) in [5, 5.41) is 11.4. The van der Waals surface area contributed by atoms with Gasteiger partial charge in [-0.25, -0.2) is 0 Å². The second-order valence-corrected chi connectivity index (χ2v) is 10.3. The topological polar surface area (TPSA) is 76.1 Å². The van der Waals surface area contributed by atoms with Crippen LogP contribution in [0.4, 0.5) is 0 Å². The molecule has 3 aromatic carbocycles. The number of rotatable bonds is 8. The zero-order valence-electron chi connectivity index (χ0n) is 22.7. The van der Waals surface area contributed by atoms with Gasteiger partial charge in [-0.15, -0.1) is 0 Å². The van der Waals surface area contributed by atoms with Gasteiger partial charge in [0.25, 0.3) is 11.7 Å². The van der Waals surface area contributed by atoms with E-state index >= 15 is 0 Å². The summed E-state index contributed by atoms with van der Waals surface area (Å²) in [6.45, 7) is 11.4. The molecule has 0 radical (unpaired) electrons. The molecule has 1 aliphatic rings. The lowest BCUT2D eigenvalue weighted by molar-refractivity contribution is -0.140. The molecule has 1 saturated heterocycles. The fourth-order valence-corrected chi connectivity index (χ4v) is 4.68. The van der Waals surface area contributed by atoms with Crippen molar-refractivity contribution in [1.29, 1.82) is 0 Å². The van der Waals surface area contributed by atoms with Crippen LogP contribution in [0.3, 0.4) is 0 Å². The molecule has 4 rings (SSSR count). The summed E-state index contributed by atoms with van der Waals surface area (Å²) in [6, 6.07) is 21.5. The number of carbonyl (C=O) groups excluding carboxylic acids is 2. The third-order valence-corrected chi connectivity index (χ3v) is 6.63. The number of ketones is 1. The third-order valence-electron chi connectivity index (χ3n) is 6.63. The van der Waals surface area contributed by atoms with Crippen molar-refractivity contribution in [3.05, 3.63) is 101 Å². The van der Waals surface area contributed by atoms with Crippen LogP contribution in [-0.4, -0.2) is 34.9 Å². The SMILES string of the molecule is CCOc1ccc(/C(O)=C2/C(=O)C(=O)N(Cc3cccc(OCC)c3)C2c2ccc(C(C)(C)C)cc2)cc1. The smallest absolute Gasteiger partial charge is 0.295 e. The largest absolute Gasteiger partial charge is 0.507 e. The van der Waals surface area contributed by atoms with Crippen LogP contribution in [0.2, 0.25) is 0 Å². The predicted octanol–water partition coefficient (Wildman–Crippen LogP) is 6.40. The first-order valence-electron chi connectivity index (χ1n) is 13.0. The first-order chi connectivity index (χ1) is 18.1. The Morgan fingerprint density at radius 3 is 2.11 bits per heavy atom. The Morgan fingerprint density at radius 2 is 1.50 bits per heavy atom. The molecule has 1 aliphatic heterocycles. The van der Waals surface area contributed by atoms with Crippen molar-refractivity contribution in [2.24, 2.45) is 0 Å². The van der Waals surface area contributed by atoms with Gasteiger partial charge in [0.2, 0.25) is 0 Å². The summed E-state index contributed by atoms with van der Waals surface area (Å²) in [6.07, 6.45) is 0. The van der Waals surface area contributed by atoms with E-state index in [1.807, 2.05) is 62.4 Å². The first-order valence-corrected chi connectivity index (χ1v) is 13.0. The van der Waals surface area contributed by atoms with E-state index in [-0.39, 0.29) is 23.3 Å². The molecule has 0 aliphatic carbocycles. The van der Waals surface area contributed by atoms with Gasteiger partial charge in [-0.2, -0.15) is 0 Å². The van der Waals surface area contributed by atoms with Gasteiger partial charge < -0.3 is 19.5 Å². The van der Waals surface area contributed by atoms with Crippen LogP contribution in [0.1, 0.15) is 62.9 Å². The molecule has 0 bridgehead atoms. The average molecular weight is 514 g/mol. The number of aliphatic hydroxyl groups excluding tert-OH is 1. The third kappa shape index (κ3) is 5.59. The van der Waals surface area contributed by atoms with Gasteiger partial charge in [-0.1, -0.05) is 57.2 Å². The quantitative estimate of drug-likeness (QED) is 0.214. The Balaban J connectivity index is 1.81. The highest BCUT2D eigenvalue weighted by Gasteiger charge is 2.46. The molecule has 1 fully saturated rings. The van der Waals surface area contributed by atoms with Crippen LogP contribution >= 0.6 is 0 Å². The van der Waals surface area contributed by atoms with Gasteiger partial charge in [0.05, 0.1) is 24.8 Å². The minimum Gasteiger partial charge on any atom is -0.507 e. The highest BCUT2D eigenvalue weighted by atomic mass is 16.5. The molecule has 1 unspecified atom stereocenters. The van der Waals surface area contributed by atoms with Crippen LogP contribution in [0.5, 0.6) is 11.5 Å². The molecule has 1 atom stereocenters. The van der Waals surface area contributed by atoms with Crippen LogP contribution in [0.25, 0.3) is 5.76 Å². The summed E-state index contributed by atoms with van der Waals surface area (Å²) in [7, 11) is 0. The lowest BCUT2D eigenvalue weighted by atomic mass is 9.85. The number of aliphatic hydroxyl groups is 1. The number of hydrogen-bond donors (Lipinski definition) is 1. The Bertz CT molecular complexity index is 1330. The van der Waals surface area contributed by atoms with E-state index in [1.54, 1.807) is 24.3 Å². The van der Waals surface area contributed by atoms with Crippen molar-refractivity contribution in [1.82, 2.24) is 4.90 Å². The molecule has 0 saturated carbocycles. The number of amides is 1. The van der Waals surface area contributed by atoms with Gasteiger partial charge in [0, 0.05) is 12.1 Å². The maximum atomic E-state index is 13.4. The van der Waals surface area contributed by atoms with Gasteiger partial charge in [0.1, 0.15) is 17.3 Å². The van der Waals surface area contributed by atoms with E-state index in [4.69, 9.17) is 9.47 Å². The van der Waals surface area contributed by atoms with Crippen molar-refractivity contribution in [2.75, 3.05) is 13.2 Å². The van der Waals surface area contributed by atoms with Crippen molar-refractivity contribution >= 4 is 17.4 Å². The van der Waals surface area contributed by atoms with Crippen molar-refractivity contribution in [2.45, 2.75) is 52.6 Å². The standard InChI is InChI=1S/C32H35NO5/c1-6-37-25-17-13-23(14-18-25)29(34)27-28(22-11-15-24(16-12-22)32(3,4)5)33(31(36)30(27)35)20-21-9-8-10-26(19-21)38-7-2/h8-19,28,34H,6-7,20H2,1-5H3/b29-27-.